The highest BCUT2D eigenvalue weighted by Crippen LogP contribution is 2.08. The molecule has 0 saturated heterocycles. The fourth-order valence-electron chi connectivity index (χ4n) is 2.04. The Labute approximate surface area is 122 Å². The van der Waals surface area contributed by atoms with E-state index in [4.69, 9.17) is 14.8 Å². The summed E-state index contributed by atoms with van der Waals surface area (Å²) in [6, 6.07) is 8.30. The Hall–Kier alpha value is -2.12. The first-order valence-electron chi connectivity index (χ1n) is 6.61. The van der Waals surface area contributed by atoms with Gasteiger partial charge in [0.25, 0.3) is 0 Å². The summed E-state index contributed by atoms with van der Waals surface area (Å²) in [5.74, 6) is 0.602. The number of aryl methyl sites for hydroxylation is 2. The predicted molar refractivity (Wildman–Crippen MR) is 79.7 cm³/mol. The zero-order valence-electron chi connectivity index (χ0n) is 12.0. The van der Waals surface area contributed by atoms with Crippen LogP contribution in [-0.4, -0.2) is 33.3 Å². The van der Waals surface area contributed by atoms with Gasteiger partial charge in [0.15, 0.2) is 0 Å². The Morgan fingerprint density at radius 1 is 1.24 bits per heavy atom. The van der Waals surface area contributed by atoms with E-state index >= 15 is 0 Å². The molecule has 7 heteroatoms. The number of nitrogens with zero attached hydrogens (tertiary/aromatic N) is 2. The minimum Gasteiger partial charge on any atom is -0.492 e. The maximum absolute atomic E-state index is 11.8. The van der Waals surface area contributed by atoms with E-state index in [9.17, 15) is 4.79 Å². The molecular weight excluding hydrogens is 271 g/mol. The van der Waals surface area contributed by atoms with Gasteiger partial charge in [-0.3, -0.25) is 4.57 Å². The lowest BCUT2D eigenvalue weighted by Crippen LogP contribution is -2.29. The summed E-state index contributed by atoms with van der Waals surface area (Å²) >= 11 is 0. The third kappa shape index (κ3) is 3.93. The SMILES string of the molecule is Cc1cc(C)n(CCOc2ccc(B(O)O)cc2)c(=O)n1. The van der Waals surface area contributed by atoms with Gasteiger partial charge in [-0.25, -0.2) is 4.79 Å². The van der Waals surface area contributed by atoms with Crippen LogP contribution in [0.4, 0.5) is 0 Å². The summed E-state index contributed by atoms with van der Waals surface area (Å²) < 4.78 is 7.09. The van der Waals surface area contributed by atoms with Crippen molar-refractivity contribution in [3.63, 3.8) is 0 Å². The largest absolute Gasteiger partial charge is 0.492 e. The quantitative estimate of drug-likeness (QED) is 0.733. The minimum absolute atomic E-state index is 0.283. The topological polar surface area (TPSA) is 84.6 Å². The van der Waals surface area contributed by atoms with Crippen molar-refractivity contribution < 1.29 is 14.8 Å². The summed E-state index contributed by atoms with van der Waals surface area (Å²) in [6.07, 6.45) is 0. The second-order valence-corrected chi connectivity index (χ2v) is 4.76. The molecule has 0 amide bonds. The molecule has 21 heavy (non-hydrogen) atoms. The summed E-state index contributed by atoms with van der Waals surface area (Å²) in [5, 5.41) is 18.0. The smallest absolute Gasteiger partial charge is 0.488 e. The van der Waals surface area contributed by atoms with Crippen molar-refractivity contribution in [1.82, 2.24) is 9.55 Å². The van der Waals surface area contributed by atoms with E-state index in [1.54, 1.807) is 35.8 Å². The summed E-state index contributed by atoms with van der Waals surface area (Å²) in [5.41, 5.74) is 1.66. The Morgan fingerprint density at radius 3 is 2.48 bits per heavy atom. The zero-order chi connectivity index (χ0) is 15.4. The molecule has 2 rings (SSSR count). The van der Waals surface area contributed by atoms with E-state index in [2.05, 4.69) is 4.98 Å². The second kappa shape index (κ2) is 6.56. The molecule has 1 aromatic carbocycles. The van der Waals surface area contributed by atoms with Crippen LogP contribution in [0.5, 0.6) is 5.75 Å². The van der Waals surface area contributed by atoms with Crippen LogP contribution in [0.25, 0.3) is 0 Å². The van der Waals surface area contributed by atoms with Gasteiger partial charge < -0.3 is 14.8 Å². The van der Waals surface area contributed by atoms with Crippen LogP contribution >= 0.6 is 0 Å². The van der Waals surface area contributed by atoms with Gasteiger partial charge in [0.05, 0.1) is 6.54 Å². The molecule has 1 heterocycles. The fourth-order valence-corrected chi connectivity index (χ4v) is 2.04. The molecule has 6 nitrogen and oxygen atoms in total. The van der Waals surface area contributed by atoms with E-state index in [1.807, 2.05) is 13.0 Å². The van der Waals surface area contributed by atoms with Crippen molar-refractivity contribution in [3.8, 4) is 5.75 Å². The average Bonchev–Trinajstić information content (AvgIpc) is 2.42. The Bertz CT molecular complexity index is 668. The van der Waals surface area contributed by atoms with Crippen molar-refractivity contribution in [2.45, 2.75) is 20.4 Å². The number of benzene rings is 1. The number of hydrogen-bond acceptors (Lipinski definition) is 5. The van der Waals surface area contributed by atoms with E-state index in [1.165, 1.54) is 0 Å². The van der Waals surface area contributed by atoms with Crippen molar-refractivity contribution in [2.75, 3.05) is 6.61 Å². The number of aromatic nitrogens is 2. The lowest BCUT2D eigenvalue weighted by Gasteiger charge is -2.11. The van der Waals surface area contributed by atoms with E-state index in [-0.39, 0.29) is 5.69 Å². The molecule has 0 fully saturated rings. The Morgan fingerprint density at radius 2 is 1.90 bits per heavy atom. The van der Waals surface area contributed by atoms with Gasteiger partial charge in [-0.05, 0) is 37.5 Å². The van der Waals surface area contributed by atoms with Crippen LogP contribution in [0.3, 0.4) is 0 Å². The van der Waals surface area contributed by atoms with Gasteiger partial charge >= 0.3 is 12.8 Å². The number of hydrogen-bond donors (Lipinski definition) is 2. The maximum Gasteiger partial charge on any atom is 0.488 e. The van der Waals surface area contributed by atoms with Gasteiger partial charge in [0.1, 0.15) is 12.4 Å². The molecule has 0 radical (unpaired) electrons. The van der Waals surface area contributed by atoms with Crippen LogP contribution in [0, 0.1) is 13.8 Å². The van der Waals surface area contributed by atoms with Gasteiger partial charge in [-0.2, -0.15) is 4.98 Å². The lowest BCUT2D eigenvalue weighted by molar-refractivity contribution is 0.294. The molecule has 2 aromatic rings. The van der Waals surface area contributed by atoms with Crippen molar-refractivity contribution >= 4 is 12.6 Å². The van der Waals surface area contributed by atoms with Crippen molar-refractivity contribution in [2.24, 2.45) is 0 Å². The molecule has 0 unspecified atom stereocenters. The Balaban J connectivity index is 1.97. The van der Waals surface area contributed by atoms with E-state index < -0.39 is 7.12 Å². The molecule has 0 aliphatic rings. The molecule has 0 spiro atoms. The summed E-state index contributed by atoms with van der Waals surface area (Å²) in [7, 11) is -1.49. The predicted octanol–water partition coefficient (Wildman–Crippen LogP) is -0.381. The maximum atomic E-state index is 11.8. The molecule has 0 bridgehead atoms. The first kappa shape index (κ1) is 15.3. The number of rotatable bonds is 5. The first-order valence-corrected chi connectivity index (χ1v) is 6.61. The van der Waals surface area contributed by atoms with Crippen LogP contribution < -0.4 is 15.9 Å². The normalized spacial score (nSPS) is 10.5. The third-order valence-electron chi connectivity index (χ3n) is 3.11. The molecule has 110 valence electrons. The molecule has 0 aliphatic heterocycles. The number of ether oxygens (including phenoxy) is 1. The second-order valence-electron chi connectivity index (χ2n) is 4.76. The molecule has 0 atom stereocenters. The molecule has 1 aromatic heterocycles. The molecule has 2 N–H and O–H groups in total. The first-order chi connectivity index (χ1) is 9.97. The molecule has 0 aliphatic carbocycles. The minimum atomic E-state index is -1.49. The van der Waals surface area contributed by atoms with E-state index in [0.717, 1.165) is 5.69 Å². The van der Waals surface area contributed by atoms with Gasteiger partial charge in [0, 0.05) is 11.4 Å². The lowest BCUT2D eigenvalue weighted by atomic mass is 9.80. The van der Waals surface area contributed by atoms with Crippen LogP contribution in [-0.2, 0) is 6.54 Å². The molecule has 0 saturated carbocycles. The summed E-state index contributed by atoms with van der Waals surface area (Å²) in [6.45, 7) is 4.37. The highest BCUT2D eigenvalue weighted by atomic mass is 16.5. The highest BCUT2D eigenvalue weighted by molar-refractivity contribution is 6.58. The standard InChI is InChI=1S/C14H17BN2O4/c1-10-9-11(2)17(14(18)16-10)7-8-21-13-5-3-12(4-6-13)15(19)20/h3-6,9,19-20H,7-8H2,1-2H3. The average molecular weight is 288 g/mol. The third-order valence-corrected chi connectivity index (χ3v) is 3.11. The van der Waals surface area contributed by atoms with Crippen LogP contribution in [0.2, 0.25) is 0 Å². The van der Waals surface area contributed by atoms with E-state index in [0.29, 0.717) is 30.1 Å². The van der Waals surface area contributed by atoms with Crippen LogP contribution in [0.15, 0.2) is 35.1 Å². The monoisotopic (exact) mass is 288 g/mol. The highest BCUT2D eigenvalue weighted by Gasteiger charge is 2.10. The fraction of sp³-hybridized carbons (Fsp3) is 0.286. The van der Waals surface area contributed by atoms with Gasteiger partial charge in [-0.1, -0.05) is 12.1 Å². The van der Waals surface area contributed by atoms with Gasteiger partial charge in [0.2, 0.25) is 0 Å². The van der Waals surface area contributed by atoms with Crippen molar-refractivity contribution in [3.05, 3.63) is 52.2 Å². The Kier molecular flexibility index (Phi) is 4.77. The van der Waals surface area contributed by atoms with Crippen LogP contribution in [0.1, 0.15) is 11.4 Å². The zero-order valence-corrected chi connectivity index (χ0v) is 12.0. The van der Waals surface area contributed by atoms with Crippen molar-refractivity contribution in [1.29, 1.82) is 0 Å². The van der Waals surface area contributed by atoms with Gasteiger partial charge in [-0.15, -0.1) is 0 Å². The molecular formula is C14H17BN2O4. The summed E-state index contributed by atoms with van der Waals surface area (Å²) in [4.78, 5) is 15.7.